The lowest BCUT2D eigenvalue weighted by molar-refractivity contribution is -0.126. The van der Waals surface area contributed by atoms with Crippen LogP contribution in [-0.2, 0) is 4.79 Å². The lowest BCUT2D eigenvalue weighted by Gasteiger charge is -2.28. The van der Waals surface area contributed by atoms with E-state index in [9.17, 15) is 4.79 Å². The van der Waals surface area contributed by atoms with Gasteiger partial charge in [0.1, 0.15) is 0 Å². The highest BCUT2D eigenvalue weighted by Crippen LogP contribution is 2.27. The minimum Gasteiger partial charge on any atom is -0.349 e. The summed E-state index contributed by atoms with van der Waals surface area (Å²) in [6.07, 6.45) is 1.89. The first-order valence-electron chi connectivity index (χ1n) is 7.08. The van der Waals surface area contributed by atoms with Crippen LogP contribution >= 0.6 is 23.7 Å². The molecule has 1 aliphatic heterocycles. The second kappa shape index (κ2) is 7.43. The summed E-state index contributed by atoms with van der Waals surface area (Å²) in [5, 5.41) is 6.57. The van der Waals surface area contributed by atoms with Gasteiger partial charge in [-0.3, -0.25) is 4.79 Å². The van der Waals surface area contributed by atoms with Crippen molar-refractivity contribution in [1.82, 2.24) is 10.6 Å². The molecule has 0 aliphatic carbocycles. The first kappa shape index (κ1) is 17.5. The van der Waals surface area contributed by atoms with E-state index in [1.807, 2.05) is 0 Å². The molecule has 1 aliphatic rings. The molecule has 3 nitrogen and oxygen atoms in total. The first-order chi connectivity index (χ1) is 8.97. The zero-order valence-corrected chi connectivity index (χ0v) is 14.3. The molecule has 1 amide bonds. The Hall–Kier alpha value is -0.580. The van der Waals surface area contributed by atoms with Gasteiger partial charge in [-0.15, -0.1) is 23.7 Å². The van der Waals surface area contributed by atoms with E-state index in [1.54, 1.807) is 11.3 Å². The zero-order valence-electron chi connectivity index (χ0n) is 12.7. The summed E-state index contributed by atoms with van der Waals surface area (Å²) >= 11 is 1.80. The van der Waals surface area contributed by atoms with Crippen molar-refractivity contribution >= 4 is 29.7 Å². The Bertz CT molecular complexity index is 461. The summed E-state index contributed by atoms with van der Waals surface area (Å²) in [6.45, 7) is 9.42. The smallest absolute Gasteiger partial charge is 0.223 e. The number of aryl methyl sites for hydroxylation is 2. The lowest BCUT2D eigenvalue weighted by Crippen LogP contribution is -2.43. The van der Waals surface area contributed by atoms with Crippen molar-refractivity contribution in [2.24, 2.45) is 5.92 Å². The standard InChI is InChI=1S/C15H24N2OS.ClH/c1-9-7-13(5-6-16-9)15(18)17-11(3)14-8-10(2)19-12(14)4;/h8-9,11,13,16H,5-7H2,1-4H3,(H,17,18);1H/t9-,11?,13-;/m0./s1. The predicted molar refractivity (Wildman–Crippen MR) is 87.8 cm³/mol. The van der Waals surface area contributed by atoms with Crippen LogP contribution in [0.1, 0.15) is 48.0 Å². The van der Waals surface area contributed by atoms with Crippen LogP contribution in [0.2, 0.25) is 0 Å². The number of amides is 1. The average molecular weight is 317 g/mol. The Balaban J connectivity index is 0.00000200. The van der Waals surface area contributed by atoms with Gasteiger partial charge in [-0.25, -0.2) is 0 Å². The molecule has 114 valence electrons. The minimum atomic E-state index is 0. The van der Waals surface area contributed by atoms with Crippen molar-refractivity contribution in [2.45, 2.75) is 52.6 Å². The first-order valence-corrected chi connectivity index (χ1v) is 7.89. The van der Waals surface area contributed by atoms with Crippen LogP contribution in [0.3, 0.4) is 0 Å². The molecule has 1 aromatic heterocycles. The van der Waals surface area contributed by atoms with E-state index in [0.29, 0.717) is 6.04 Å². The Labute approximate surface area is 131 Å². The number of thiophene rings is 1. The second-order valence-electron chi connectivity index (χ2n) is 5.68. The maximum absolute atomic E-state index is 12.3. The monoisotopic (exact) mass is 316 g/mol. The molecule has 0 saturated carbocycles. The second-order valence-corrected chi connectivity index (χ2v) is 7.14. The number of carbonyl (C=O) groups excluding carboxylic acids is 1. The molecular weight excluding hydrogens is 292 g/mol. The van der Waals surface area contributed by atoms with E-state index in [0.717, 1.165) is 19.4 Å². The highest BCUT2D eigenvalue weighted by atomic mass is 35.5. The van der Waals surface area contributed by atoms with Gasteiger partial charge in [0.05, 0.1) is 6.04 Å². The zero-order chi connectivity index (χ0) is 14.0. The predicted octanol–water partition coefficient (Wildman–Crippen LogP) is 3.35. The molecule has 3 atom stereocenters. The van der Waals surface area contributed by atoms with E-state index < -0.39 is 0 Å². The Morgan fingerprint density at radius 2 is 2.20 bits per heavy atom. The fourth-order valence-electron chi connectivity index (χ4n) is 2.86. The van der Waals surface area contributed by atoms with Gasteiger partial charge in [-0.2, -0.15) is 0 Å². The van der Waals surface area contributed by atoms with Crippen LogP contribution in [0.5, 0.6) is 0 Å². The SMILES string of the molecule is Cc1cc(C(C)NC(=O)[C@H]2CCN[C@@H](C)C2)c(C)s1.Cl. The average Bonchev–Trinajstić information content (AvgIpc) is 2.68. The molecule has 1 unspecified atom stereocenters. The van der Waals surface area contributed by atoms with Gasteiger partial charge in [-0.05, 0) is 58.7 Å². The molecule has 0 bridgehead atoms. The molecule has 1 aromatic rings. The van der Waals surface area contributed by atoms with Gasteiger partial charge in [0, 0.05) is 21.7 Å². The number of carbonyl (C=O) groups is 1. The van der Waals surface area contributed by atoms with Gasteiger partial charge in [0.25, 0.3) is 0 Å². The van der Waals surface area contributed by atoms with E-state index in [-0.39, 0.29) is 30.3 Å². The van der Waals surface area contributed by atoms with Crippen molar-refractivity contribution in [2.75, 3.05) is 6.54 Å². The van der Waals surface area contributed by atoms with Crippen LogP contribution in [0.15, 0.2) is 6.07 Å². The maximum Gasteiger partial charge on any atom is 0.223 e. The van der Waals surface area contributed by atoms with Crippen molar-refractivity contribution in [1.29, 1.82) is 0 Å². The third-order valence-electron chi connectivity index (χ3n) is 3.90. The lowest BCUT2D eigenvalue weighted by atomic mass is 9.92. The number of nitrogens with one attached hydrogen (secondary N) is 2. The van der Waals surface area contributed by atoms with E-state index in [1.165, 1.54) is 15.3 Å². The summed E-state index contributed by atoms with van der Waals surface area (Å²) in [5.74, 6) is 0.378. The fraction of sp³-hybridized carbons (Fsp3) is 0.667. The van der Waals surface area contributed by atoms with E-state index in [4.69, 9.17) is 0 Å². The molecule has 2 N–H and O–H groups in total. The number of hydrogen-bond acceptors (Lipinski definition) is 3. The number of hydrogen-bond donors (Lipinski definition) is 2. The Kier molecular flexibility index (Phi) is 6.49. The normalized spacial score (nSPS) is 23.8. The summed E-state index contributed by atoms with van der Waals surface area (Å²) in [5.41, 5.74) is 1.26. The number of halogens is 1. The summed E-state index contributed by atoms with van der Waals surface area (Å²) in [4.78, 5) is 14.9. The molecule has 5 heteroatoms. The van der Waals surface area contributed by atoms with Crippen molar-refractivity contribution in [3.05, 3.63) is 21.4 Å². The third kappa shape index (κ3) is 4.21. The van der Waals surface area contributed by atoms with E-state index >= 15 is 0 Å². The maximum atomic E-state index is 12.3. The van der Waals surface area contributed by atoms with Crippen molar-refractivity contribution in [3.63, 3.8) is 0 Å². The summed E-state index contributed by atoms with van der Waals surface area (Å²) in [7, 11) is 0. The minimum absolute atomic E-state index is 0. The fourth-order valence-corrected chi connectivity index (χ4v) is 3.88. The molecule has 1 fully saturated rings. The molecule has 0 spiro atoms. The van der Waals surface area contributed by atoms with Gasteiger partial charge < -0.3 is 10.6 Å². The molecule has 2 rings (SSSR count). The van der Waals surface area contributed by atoms with E-state index in [2.05, 4.69) is 44.4 Å². The summed E-state index contributed by atoms with van der Waals surface area (Å²) < 4.78 is 0. The number of piperidine rings is 1. The van der Waals surface area contributed by atoms with Crippen LogP contribution in [0, 0.1) is 19.8 Å². The molecule has 0 aromatic carbocycles. The molecule has 2 heterocycles. The topological polar surface area (TPSA) is 41.1 Å². The molecule has 1 saturated heterocycles. The van der Waals surface area contributed by atoms with Gasteiger partial charge in [-0.1, -0.05) is 0 Å². The molecule has 0 radical (unpaired) electrons. The largest absolute Gasteiger partial charge is 0.349 e. The molecule has 20 heavy (non-hydrogen) atoms. The Morgan fingerprint density at radius 1 is 1.50 bits per heavy atom. The summed E-state index contributed by atoms with van der Waals surface area (Å²) in [6, 6.07) is 2.75. The third-order valence-corrected chi connectivity index (χ3v) is 4.88. The van der Waals surface area contributed by atoms with Gasteiger partial charge >= 0.3 is 0 Å². The number of rotatable bonds is 3. The van der Waals surface area contributed by atoms with Crippen molar-refractivity contribution in [3.8, 4) is 0 Å². The van der Waals surface area contributed by atoms with Crippen LogP contribution < -0.4 is 10.6 Å². The van der Waals surface area contributed by atoms with Crippen molar-refractivity contribution < 1.29 is 4.79 Å². The highest BCUT2D eigenvalue weighted by Gasteiger charge is 2.26. The quantitative estimate of drug-likeness (QED) is 0.898. The van der Waals surface area contributed by atoms with Crippen LogP contribution in [0.4, 0.5) is 0 Å². The Morgan fingerprint density at radius 3 is 2.75 bits per heavy atom. The van der Waals surface area contributed by atoms with Gasteiger partial charge in [0.15, 0.2) is 0 Å². The highest BCUT2D eigenvalue weighted by molar-refractivity contribution is 7.12. The molecular formula is C15H25ClN2OS. The van der Waals surface area contributed by atoms with Crippen LogP contribution in [0.25, 0.3) is 0 Å². The van der Waals surface area contributed by atoms with Gasteiger partial charge in [0.2, 0.25) is 5.91 Å². The van der Waals surface area contributed by atoms with Crippen LogP contribution in [-0.4, -0.2) is 18.5 Å².